The van der Waals surface area contributed by atoms with Crippen molar-refractivity contribution in [1.29, 1.82) is 0 Å². The van der Waals surface area contributed by atoms with E-state index in [1.165, 1.54) is 29.8 Å². The minimum Gasteiger partial charge on any atom is -0.308 e. The highest BCUT2D eigenvalue weighted by Crippen LogP contribution is 2.21. The van der Waals surface area contributed by atoms with Gasteiger partial charge >= 0.3 is 0 Å². The number of hydrogen-bond donors (Lipinski definition) is 0. The molecule has 0 atom stereocenters. The Bertz CT molecular complexity index is 1020. The second kappa shape index (κ2) is 9.11. The van der Waals surface area contributed by atoms with Gasteiger partial charge in [-0.2, -0.15) is 0 Å². The number of pyridine rings is 1. The minimum absolute atomic E-state index is 0.806. The smallest absolute Gasteiger partial charge is 0.160 e. The Balaban J connectivity index is 1.45. The molecular weight excluding hydrogens is 370 g/mol. The van der Waals surface area contributed by atoms with E-state index in [0.717, 1.165) is 55.3 Å². The fourth-order valence-corrected chi connectivity index (χ4v) is 4.17. The fourth-order valence-electron chi connectivity index (χ4n) is 4.17. The number of fused-ring (bicyclic) bond motifs is 1. The van der Waals surface area contributed by atoms with E-state index < -0.39 is 0 Å². The predicted octanol–water partition coefficient (Wildman–Crippen LogP) is 3.92. The molecule has 2 aromatic heterocycles. The molecule has 1 aromatic carbocycles. The van der Waals surface area contributed by atoms with Gasteiger partial charge in [0.1, 0.15) is 11.3 Å². The maximum Gasteiger partial charge on any atom is 0.160 e. The number of hydrogen-bond acceptors (Lipinski definition) is 4. The average molecular weight is 404 g/mol. The Labute approximate surface area is 180 Å². The number of nitrogens with zero attached hydrogens (tertiary/aromatic N) is 5. The summed E-state index contributed by atoms with van der Waals surface area (Å²) in [5, 5.41) is 0. The lowest BCUT2D eigenvalue weighted by Crippen LogP contribution is -2.44. The summed E-state index contributed by atoms with van der Waals surface area (Å²) < 4.78 is 2.27. The minimum atomic E-state index is 0.806. The van der Waals surface area contributed by atoms with Crippen LogP contribution in [0.4, 0.5) is 0 Å². The molecule has 158 valence electrons. The van der Waals surface area contributed by atoms with Crippen molar-refractivity contribution < 1.29 is 0 Å². The molecule has 3 heterocycles. The lowest BCUT2D eigenvalue weighted by atomic mass is 10.1. The van der Waals surface area contributed by atoms with Crippen LogP contribution < -0.4 is 0 Å². The molecule has 1 aliphatic rings. The van der Waals surface area contributed by atoms with Crippen molar-refractivity contribution in [1.82, 2.24) is 24.3 Å². The maximum atomic E-state index is 4.86. The quantitative estimate of drug-likeness (QED) is 0.625. The van der Waals surface area contributed by atoms with E-state index in [1.807, 2.05) is 0 Å². The van der Waals surface area contributed by atoms with Gasteiger partial charge in [0.05, 0.1) is 6.54 Å². The molecule has 1 saturated heterocycles. The number of imidazole rings is 1. The van der Waals surface area contributed by atoms with Crippen molar-refractivity contribution in [3.63, 3.8) is 0 Å². The third-order valence-electron chi connectivity index (χ3n) is 6.01. The highest BCUT2D eigenvalue weighted by Gasteiger charge is 2.14. The van der Waals surface area contributed by atoms with Crippen LogP contribution in [0.2, 0.25) is 0 Å². The van der Waals surface area contributed by atoms with Crippen LogP contribution in [-0.2, 0) is 13.0 Å². The van der Waals surface area contributed by atoms with E-state index >= 15 is 0 Å². The summed E-state index contributed by atoms with van der Waals surface area (Å²) in [4.78, 5) is 14.6. The van der Waals surface area contributed by atoms with Crippen LogP contribution in [-0.4, -0.2) is 64.1 Å². The van der Waals surface area contributed by atoms with Crippen LogP contribution in [0.1, 0.15) is 35.1 Å². The van der Waals surface area contributed by atoms with Gasteiger partial charge in [0, 0.05) is 44.8 Å². The second-order valence-corrected chi connectivity index (χ2v) is 8.47. The predicted molar refractivity (Wildman–Crippen MR) is 125 cm³/mol. The van der Waals surface area contributed by atoms with Gasteiger partial charge in [-0.05, 0) is 43.7 Å². The van der Waals surface area contributed by atoms with Crippen molar-refractivity contribution >= 4 is 17.2 Å². The molecule has 1 fully saturated rings. The van der Waals surface area contributed by atoms with Crippen LogP contribution in [0, 0.1) is 13.8 Å². The highest BCUT2D eigenvalue weighted by atomic mass is 15.2. The van der Waals surface area contributed by atoms with Crippen LogP contribution in [0.5, 0.6) is 0 Å². The standard InChI is InChI=1S/C25H33N5/c1-5-23-27-24-19(2)17-20(3)26-25(24)30(23)18-22-10-8-21(9-11-22)7-6-12-29-15-13-28(4)14-16-29/h6-11,17H,5,12-16,18H2,1-4H3/b7-6+. The Kier molecular flexibility index (Phi) is 6.30. The summed E-state index contributed by atoms with van der Waals surface area (Å²) in [6, 6.07) is 11.0. The topological polar surface area (TPSA) is 37.2 Å². The van der Waals surface area contributed by atoms with Crippen molar-refractivity contribution in [3.8, 4) is 0 Å². The van der Waals surface area contributed by atoms with Gasteiger partial charge in [0.15, 0.2) is 5.65 Å². The van der Waals surface area contributed by atoms with Crippen molar-refractivity contribution in [2.45, 2.75) is 33.7 Å². The normalized spacial score (nSPS) is 16.1. The Morgan fingerprint density at radius 1 is 1.00 bits per heavy atom. The SMILES string of the molecule is CCc1nc2c(C)cc(C)nc2n1Cc1ccc(/C=C/CN2CCN(C)CC2)cc1. The van der Waals surface area contributed by atoms with Crippen LogP contribution in [0.25, 0.3) is 17.2 Å². The van der Waals surface area contributed by atoms with Crippen LogP contribution in [0.3, 0.4) is 0 Å². The molecule has 1 aliphatic heterocycles. The molecule has 0 unspecified atom stereocenters. The maximum absolute atomic E-state index is 4.86. The zero-order valence-electron chi connectivity index (χ0n) is 18.7. The van der Waals surface area contributed by atoms with Crippen molar-refractivity contribution in [2.75, 3.05) is 39.8 Å². The van der Waals surface area contributed by atoms with Crippen LogP contribution >= 0.6 is 0 Å². The first kappa shape index (κ1) is 20.8. The van der Waals surface area contributed by atoms with Gasteiger partial charge < -0.3 is 9.47 Å². The summed E-state index contributed by atoms with van der Waals surface area (Å²) in [6.45, 7) is 12.8. The van der Waals surface area contributed by atoms with Gasteiger partial charge in [-0.25, -0.2) is 9.97 Å². The molecule has 3 aromatic rings. The van der Waals surface area contributed by atoms with Gasteiger partial charge in [-0.3, -0.25) is 4.90 Å². The zero-order valence-corrected chi connectivity index (χ0v) is 18.7. The first-order chi connectivity index (χ1) is 14.5. The van der Waals surface area contributed by atoms with Gasteiger partial charge in [0.2, 0.25) is 0 Å². The molecule has 0 radical (unpaired) electrons. The summed E-state index contributed by atoms with van der Waals surface area (Å²) in [5.41, 5.74) is 6.81. The van der Waals surface area contributed by atoms with Gasteiger partial charge in [0.25, 0.3) is 0 Å². The molecule has 30 heavy (non-hydrogen) atoms. The first-order valence-electron chi connectivity index (χ1n) is 11.0. The van der Waals surface area contributed by atoms with Gasteiger partial charge in [-0.1, -0.05) is 43.3 Å². The Hall–Kier alpha value is -2.50. The van der Waals surface area contributed by atoms with Crippen LogP contribution in [0.15, 0.2) is 36.4 Å². The molecule has 0 saturated carbocycles. The zero-order chi connectivity index (χ0) is 21.1. The van der Waals surface area contributed by atoms with Gasteiger partial charge in [-0.15, -0.1) is 0 Å². The Morgan fingerprint density at radius 2 is 1.73 bits per heavy atom. The third kappa shape index (κ3) is 4.63. The number of likely N-dealkylation sites (N-methyl/N-ethyl adjacent to an activating group) is 1. The monoisotopic (exact) mass is 403 g/mol. The van der Waals surface area contributed by atoms with E-state index in [4.69, 9.17) is 9.97 Å². The van der Waals surface area contributed by atoms with E-state index in [9.17, 15) is 0 Å². The fraction of sp³-hybridized carbons (Fsp3) is 0.440. The Morgan fingerprint density at radius 3 is 2.43 bits per heavy atom. The largest absolute Gasteiger partial charge is 0.308 e. The molecule has 0 bridgehead atoms. The first-order valence-corrected chi connectivity index (χ1v) is 11.0. The van der Waals surface area contributed by atoms with E-state index in [0.29, 0.717) is 0 Å². The third-order valence-corrected chi connectivity index (χ3v) is 6.01. The number of aromatic nitrogens is 3. The van der Waals surface area contributed by atoms with E-state index in [-0.39, 0.29) is 0 Å². The van der Waals surface area contributed by atoms with Crippen molar-refractivity contribution in [2.24, 2.45) is 0 Å². The molecule has 5 heteroatoms. The molecule has 0 aliphatic carbocycles. The van der Waals surface area contributed by atoms with E-state index in [1.54, 1.807) is 0 Å². The number of piperazine rings is 1. The summed E-state index contributed by atoms with van der Waals surface area (Å²) in [7, 11) is 2.20. The molecule has 0 spiro atoms. The molecule has 0 amide bonds. The number of rotatable bonds is 6. The highest BCUT2D eigenvalue weighted by molar-refractivity contribution is 5.76. The lowest BCUT2D eigenvalue weighted by Gasteiger charge is -2.31. The molecule has 0 N–H and O–H groups in total. The number of benzene rings is 1. The molecule has 5 nitrogen and oxygen atoms in total. The molecular formula is C25H33N5. The average Bonchev–Trinajstić information content (AvgIpc) is 3.08. The van der Waals surface area contributed by atoms with Crippen molar-refractivity contribution in [3.05, 3.63) is 64.6 Å². The van der Waals surface area contributed by atoms with E-state index in [2.05, 4.69) is 84.7 Å². The second-order valence-electron chi connectivity index (χ2n) is 8.47. The summed E-state index contributed by atoms with van der Waals surface area (Å²) in [5.74, 6) is 1.10. The number of aryl methyl sites for hydroxylation is 3. The summed E-state index contributed by atoms with van der Waals surface area (Å²) in [6.07, 6.45) is 5.43. The summed E-state index contributed by atoms with van der Waals surface area (Å²) >= 11 is 0. The molecule has 4 rings (SSSR count). The lowest BCUT2D eigenvalue weighted by molar-refractivity contribution is 0.167.